The number of rotatable bonds is 4. The van der Waals surface area contributed by atoms with E-state index >= 15 is 0 Å². The smallest absolute Gasteiger partial charge is 0.259 e. The van der Waals surface area contributed by atoms with Gasteiger partial charge in [-0.3, -0.25) is 9.59 Å². The van der Waals surface area contributed by atoms with Gasteiger partial charge < -0.3 is 0 Å². The summed E-state index contributed by atoms with van der Waals surface area (Å²) in [5.74, 6) is -2.33. The SMILES string of the molecule is CCC(=O)c1c(C)sc2nc(Cc3cc(F)c(F)cc3C#N)cc(=O)n12. The molecule has 3 aromatic rings. The summed E-state index contributed by atoms with van der Waals surface area (Å²) in [5, 5.41) is 9.11. The number of carbonyl (C=O) groups is 1. The summed E-state index contributed by atoms with van der Waals surface area (Å²) in [6.07, 6.45) is 0.265. The summed E-state index contributed by atoms with van der Waals surface area (Å²) in [6.45, 7) is 3.45. The topological polar surface area (TPSA) is 75.2 Å². The molecule has 2 heterocycles. The third kappa shape index (κ3) is 3.02. The van der Waals surface area contributed by atoms with Crippen LogP contribution in [0.25, 0.3) is 4.96 Å². The molecule has 0 saturated carbocycles. The van der Waals surface area contributed by atoms with Crippen molar-refractivity contribution in [2.45, 2.75) is 26.7 Å². The Bertz CT molecular complexity index is 1140. The number of Topliss-reactive ketones (excluding diaryl/α,β-unsaturated/α-hetero) is 1. The highest BCUT2D eigenvalue weighted by Gasteiger charge is 2.19. The maximum Gasteiger partial charge on any atom is 0.259 e. The van der Waals surface area contributed by atoms with Crippen LogP contribution < -0.4 is 5.56 Å². The van der Waals surface area contributed by atoms with Gasteiger partial charge >= 0.3 is 0 Å². The van der Waals surface area contributed by atoms with Gasteiger partial charge in [0.1, 0.15) is 5.69 Å². The Balaban J connectivity index is 2.12. The van der Waals surface area contributed by atoms with Gasteiger partial charge in [-0.05, 0) is 24.6 Å². The van der Waals surface area contributed by atoms with Crippen LogP contribution in [0.4, 0.5) is 8.78 Å². The van der Waals surface area contributed by atoms with Crippen LogP contribution in [-0.4, -0.2) is 15.2 Å². The largest absolute Gasteiger partial charge is 0.292 e. The van der Waals surface area contributed by atoms with E-state index in [2.05, 4.69) is 4.98 Å². The average Bonchev–Trinajstić information content (AvgIpc) is 2.93. The number of aromatic nitrogens is 2. The van der Waals surface area contributed by atoms with Gasteiger partial charge in [-0.25, -0.2) is 18.2 Å². The summed E-state index contributed by atoms with van der Waals surface area (Å²) in [4.78, 5) is 30.0. The van der Waals surface area contributed by atoms with Gasteiger partial charge in [0, 0.05) is 23.8 Å². The number of hydrogen-bond donors (Lipinski definition) is 0. The first kappa shape index (κ1) is 17.9. The minimum atomic E-state index is -1.11. The first-order chi connectivity index (χ1) is 12.3. The number of nitriles is 1. The van der Waals surface area contributed by atoms with Crippen molar-refractivity contribution < 1.29 is 13.6 Å². The van der Waals surface area contributed by atoms with E-state index < -0.39 is 17.2 Å². The van der Waals surface area contributed by atoms with E-state index in [-0.39, 0.29) is 29.8 Å². The van der Waals surface area contributed by atoms with Crippen molar-refractivity contribution in [1.82, 2.24) is 9.38 Å². The lowest BCUT2D eigenvalue weighted by atomic mass is 10.0. The number of halogens is 2. The van der Waals surface area contributed by atoms with Gasteiger partial charge in [0.2, 0.25) is 0 Å². The van der Waals surface area contributed by atoms with E-state index in [0.717, 1.165) is 12.1 Å². The van der Waals surface area contributed by atoms with Gasteiger partial charge in [-0.2, -0.15) is 5.26 Å². The minimum absolute atomic E-state index is 0.000160. The lowest BCUT2D eigenvalue weighted by Crippen LogP contribution is -2.19. The Morgan fingerprint density at radius 2 is 2.00 bits per heavy atom. The van der Waals surface area contributed by atoms with Crippen molar-refractivity contribution in [3.05, 3.63) is 67.6 Å². The third-order valence-electron chi connectivity index (χ3n) is 3.97. The summed E-state index contributed by atoms with van der Waals surface area (Å²) in [6, 6.07) is 4.81. The molecule has 0 bridgehead atoms. The molecule has 132 valence electrons. The molecule has 0 aliphatic rings. The zero-order valence-electron chi connectivity index (χ0n) is 14.0. The Kier molecular flexibility index (Phi) is 4.66. The van der Waals surface area contributed by atoms with Crippen molar-refractivity contribution in [2.24, 2.45) is 0 Å². The Hall–Kier alpha value is -2.92. The summed E-state index contributed by atoms with van der Waals surface area (Å²) in [7, 11) is 0. The molecule has 0 amide bonds. The first-order valence-corrected chi connectivity index (χ1v) is 8.60. The maximum absolute atomic E-state index is 13.5. The predicted molar refractivity (Wildman–Crippen MR) is 92.6 cm³/mol. The van der Waals surface area contributed by atoms with Crippen molar-refractivity contribution in [1.29, 1.82) is 5.26 Å². The molecule has 2 aromatic heterocycles. The molecule has 0 fully saturated rings. The van der Waals surface area contributed by atoms with Crippen molar-refractivity contribution in [2.75, 3.05) is 0 Å². The fourth-order valence-corrected chi connectivity index (χ4v) is 3.75. The molecule has 0 N–H and O–H groups in total. The standard InChI is InChI=1S/C18H13F2N3O2S/c1-3-15(24)17-9(2)26-18-22-12(7-16(25)23(17)18)4-10-5-13(19)14(20)6-11(10)8-21/h5-7H,3-4H2,1-2H3. The van der Waals surface area contributed by atoms with Gasteiger partial charge in [-0.1, -0.05) is 6.92 Å². The number of carbonyl (C=O) groups excluding carboxylic acids is 1. The van der Waals surface area contributed by atoms with Crippen LogP contribution in [-0.2, 0) is 6.42 Å². The molecule has 8 heteroatoms. The van der Waals surface area contributed by atoms with E-state index in [1.165, 1.54) is 21.8 Å². The van der Waals surface area contributed by atoms with Crippen LogP contribution in [0.15, 0.2) is 23.0 Å². The average molecular weight is 373 g/mol. The normalized spacial score (nSPS) is 10.9. The van der Waals surface area contributed by atoms with E-state index in [1.54, 1.807) is 13.8 Å². The van der Waals surface area contributed by atoms with E-state index in [1.807, 2.05) is 6.07 Å². The highest BCUT2D eigenvalue weighted by Crippen LogP contribution is 2.22. The maximum atomic E-state index is 13.5. The molecule has 5 nitrogen and oxygen atoms in total. The molecular formula is C18H13F2N3O2S. The summed E-state index contributed by atoms with van der Waals surface area (Å²) in [5.41, 5.74) is 0.430. The molecule has 1 aromatic carbocycles. The second kappa shape index (κ2) is 6.77. The highest BCUT2D eigenvalue weighted by atomic mass is 32.1. The third-order valence-corrected chi connectivity index (χ3v) is 4.92. The minimum Gasteiger partial charge on any atom is -0.292 e. The lowest BCUT2D eigenvalue weighted by Gasteiger charge is -2.06. The van der Waals surface area contributed by atoms with Gasteiger partial charge in [0.15, 0.2) is 22.4 Å². The summed E-state index contributed by atoms with van der Waals surface area (Å²) >= 11 is 1.21. The van der Waals surface area contributed by atoms with Crippen molar-refractivity contribution in [3.63, 3.8) is 0 Å². The molecule has 26 heavy (non-hydrogen) atoms. The van der Waals surface area contributed by atoms with Crippen molar-refractivity contribution >= 4 is 22.1 Å². The molecule has 0 radical (unpaired) electrons. The number of thiazole rings is 1. The first-order valence-electron chi connectivity index (χ1n) is 7.79. The van der Waals surface area contributed by atoms with Gasteiger partial charge in [0.05, 0.1) is 17.3 Å². The van der Waals surface area contributed by atoms with Crippen LogP contribution >= 0.6 is 11.3 Å². The Labute approximate surface area is 151 Å². The molecule has 0 aliphatic heterocycles. The Morgan fingerprint density at radius 3 is 2.65 bits per heavy atom. The highest BCUT2D eigenvalue weighted by molar-refractivity contribution is 7.17. The van der Waals surface area contributed by atoms with Crippen LogP contribution in [0.5, 0.6) is 0 Å². The van der Waals surface area contributed by atoms with E-state index in [4.69, 9.17) is 5.26 Å². The van der Waals surface area contributed by atoms with Crippen molar-refractivity contribution in [3.8, 4) is 6.07 Å². The van der Waals surface area contributed by atoms with E-state index in [0.29, 0.717) is 21.2 Å². The monoisotopic (exact) mass is 373 g/mol. The molecule has 3 rings (SSSR count). The molecule has 0 spiro atoms. The zero-order chi connectivity index (χ0) is 19.0. The number of fused-ring (bicyclic) bond motifs is 1. The quantitative estimate of drug-likeness (QED) is 0.657. The molecule has 0 atom stereocenters. The van der Waals surface area contributed by atoms with Gasteiger partial charge in [0.25, 0.3) is 5.56 Å². The number of nitrogens with zero attached hydrogens (tertiary/aromatic N) is 3. The second-order valence-corrected chi connectivity index (χ2v) is 6.88. The zero-order valence-corrected chi connectivity index (χ0v) is 14.8. The summed E-state index contributed by atoms with van der Waals surface area (Å²) < 4.78 is 28.1. The van der Waals surface area contributed by atoms with Crippen LogP contribution in [0, 0.1) is 29.9 Å². The van der Waals surface area contributed by atoms with Crippen LogP contribution in [0.3, 0.4) is 0 Å². The van der Waals surface area contributed by atoms with Crippen LogP contribution in [0.2, 0.25) is 0 Å². The fraction of sp³-hybridized carbons (Fsp3) is 0.222. The predicted octanol–water partition coefficient (Wildman–Crippen LogP) is 3.40. The number of benzene rings is 1. The second-order valence-electron chi connectivity index (χ2n) is 5.70. The molecule has 0 saturated heterocycles. The van der Waals surface area contributed by atoms with Crippen LogP contribution in [0.1, 0.15) is 45.5 Å². The lowest BCUT2D eigenvalue weighted by molar-refractivity contribution is 0.0982. The number of hydrogen-bond acceptors (Lipinski definition) is 5. The Morgan fingerprint density at radius 1 is 1.31 bits per heavy atom. The molecule has 0 unspecified atom stereocenters. The molecular weight excluding hydrogens is 360 g/mol. The molecule has 0 aliphatic carbocycles. The fourth-order valence-electron chi connectivity index (χ4n) is 2.74. The van der Waals surface area contributed by atoms with E-state index in [9.17, 15) is 18.4 Å². The number of aryl methyl sites for hydroxylation is 1. The number of ketones is 1. The van der Waals surface area contributed by atoms with Gasteiger partial charge in [-0.15, -0.1) is 11.3 Å².